The minimum atomic E-state index is 0. The Morgan fingerprint density at radius 1 is 0.324 bits per heavy atom. The van der Waals surface area contributed by atoms with Crippen LogP contribution in [0, 0.1) is 12.7 Å². The van der Waals surface area contributed by atoms with Crippen molar-refractivity contribution in [3.63, 3.8) is 0 Å². The van der Waals surface area contributed by atoms with Gasteiger partial charge in [0.1, 0.15) is 0 Å². The van der Waals surface area contributed by atoms with Crippen molar-refractivity contribution in [2.45, 2.75) is 0 Å². The van der Waals surface area contributed by atoms with Crippen LogP contribution in [0.2, 0.25) is 0 Å². The van der Waals surface area contributed by atoms with E-state index in [0.29, 0.717) is 0 Å². The summed E-state index contributed by atoms with van der Waals surface area (Å²) in [4.78, 5) is 16.8. The van der Waals surface area contributed by atoms with Gasteiger partial charge in [0.25, 0.3) is 0 Å². The van der Waals surface area contributed by atoms with Gasteiger partial charge in [0.2, 0.25) is 0 Å². The Morgan fingerprint density at radius 2 is 0.541 bits per heavy atom. The van der Waals surface area contributed by atoms with Crippen LogP contribution < -0.4 is 0 Å². The second-order valence-corrected chi connectivity index (χ2v) is 7.94. The largest absolute Gasteiger partial charge is 0.366 e. The van der Waals surface area contributed by atoms with E-state index in [2.05, 4.69) is 32.6 Å². The Kier molecular flexibility index (Phi) is 9.14. The molecular weight excluding hydrogens is 633 g/mol. The third kappa shape index (κ3) is 6.89. The number of nitrogens with zero attached hydrogens (tertiary/aromatic N) is 4. The number of aromatic nitrogens is 4. The number of benzene rings is 4. The predicted octanol–water partition coefficient (Wildman–Crippen LogP) is 7.22. The molecule has 0 aliphatic carbocycles. The Balaban J connectivity index is 0.000000168. The second-order valence-electron chi connectivity index (χ2n) is 7.94. The Hall–Kier alpha value is -4.31. The molecule has 37 heavy (non-hydrogen) atoms. The fraction of sp³-hybridized carbons (Fsp3) is 0. The van der Waals surface area contributed by atoms with E-state index >= 15 is 0 Å². The van der Waals surface area contributed by atoms with Crippen LogP contribution in [0.25, 0.3) is 45.0 Å². The van der Waals surface area contributed by atoms with Gasteiger partial charge >= 0.3 is 0 Å². The summed E-state index contributed by atoms with van der Waals surface area (Å²) in [6.45, 7) is 0. The van der Waals surface area contributed by atoms with E-state index in [1.165, 1.54) is 0 Å². The average molecular weight is 655 g/mol. The first-order valence-corrected chi connectivity index (χ1v) is 11.6. The molecular formula is C32H22IrN4-2. The fourth-order valence-electron chi connectivity index (χ4n) is 3.68. The van der Waals surface area contributed by atoms with Gasteiger partial charge < -0.3 is 19.9 Å². The zero-order valence-electron chi connectivity index (χ0n) is 19.8. The van der Waals surface area contributed by atoms with Gasteiger partial charge in [-0.2, -0.15) is 0 Å². The van der Waals surface area contributed by atoms with Crippen molar-refractivity contribution in [3.05, 3.63) is 146 Å². The van der Waals surface area contributed by atoms with Crippen molar-refractivity contribution in [2.24, 2.45) is 0 Å². The molecule has 6 aromatic rings. The molecule has 0 saturated carbocycles. The summed E-state index contributed by atoms with van der Waals surface area (Å²) in [6.07, 6.45) is 5.45. The Bertz CT molecular complexity index is 1280. The van der Waals surface area contributed by atoms with Crippen LogP contribution in [0.4, 0.5) is 0 Å². The molecule has 0 unspecified atom stereocenters. The predicted molar refractivity (Wildman–Crippen MR) is 143 cm³/mol. The Morgan fingerprint density at radius 3 is 0.757 bits per heavy atom. The van der Waals surface area contributed by atoms with Gasteiger partial charge in [-0.15, -0.1) is 12.1 Å². The molecule has 0 atom stereocenters. The molecule has 0 aliphatic rings. The van der Waals surface area contributed by atoms with Crippen LogP contribution in [0.5, 0.6) is 0 Å². The first kappa shape index (κ1) is 25.8. The molecule has 0 bridgehead atoms. The quantitative estimate of drug-likeness (QED) is 0.189. The first-order valence-electron chi connectivity index (χ1n) is 11.6. The van der Waals surface area contributed by atoms with E-state index in [-0.39, 0.29) is 20.1 Å². The molecule has 5 heteroatoms. The van der Waals surface area contributed by atoms with E-state index < -0.39 is 0 Å². The van der Waals surface area contributed by atoms with E-state index in [9.17, 15) is 0 Å². The third-order valence-corrected chi connectivity index (χ3v) is 5.51. The van der Waals surface area contributed by atoms with Crippen molar-refractivity contribution >= 4 is 0 Å². The molecule has 0 N–H and O–H groups in total. The molecule has 4 aromatic carbocycles. The SMILES string of the molecule is [Ir].[c-]1nc(-c2ccccc2)cc(-c2ccccc2)n1.[c-]1nc(-c2ccccc2)cc(-c2ccccc2)n1. The van der Waals surface area contributed by atoms with Crippen LogP contribution in [0.3, 0.4) is 0 Å². The van der Waals surface area contributed by atoms with Crippen molar-refractivity contribution in [1.29, 1.82) is 0 Å². The third-order valence-electron chi connectivity index (χ3n) is 5.51. The van der Waals surface area contributed by atoms with Crippen molar-refractivity contribution in [3.8, 4) is 45.0 Å². The smallest absolute Gasteiger partial charge is 0.0225 e. The summed E-state index contributed by atoms with van der Waals surface area (Å²) in [6, 6.07) is 44.2. The summed E-state index contributed by atoms with van der Waals surface area (Å²) in [5, 5.41) is 0. The molecule has 1 radical (unpaired) electrons. The monoisotopic (exact) mass is 655 g/mol. The summed E-state index contributed by atoms with van der Waals surface area (Å²) in [5.74, 6) is 0. The topological polar surface area (TPSA) is 51.6 Å². The van der Waals surface area contributed by atoms with E-state index in [0.717, 1.165) is 45.0 Å². The van der Waals surface area contributed by atoms with Crippen molar-refractivity contribution in [2.75, 3.05) is 0 Å². The molecule has 2 heterocycles. The zero-order chi connectivity index (χ0) is 24.4. The molecule has 181 valence electrons. The normalized spacial score (nSPS) is 9.95. The molecule has 0 saturated heterocycles. The maximum atomic E-state index is 4.20. The van der Waals surface area contributed by atoms with Gasteiger partial charge in [-0.05, 0) is 22.8 Å². The number of rotatable bonds is 4. The minimum Gasteiger partial charge on any atom is -0.366 e. The fourth-order valence-corrected chi connectivity index (χ4v) is 3.68. The number of hydrogen-bond donors (Lipinski definition) is 0. The van der Waals surface area contributed by atoms with Crippen LogP contribution in [-0.4, -0.2) is 19.9 Å². The summed E-state index contributed by atoms with van der Waals surface area (Å²) >= 11 is 0. The molecule has 0 spiro atoms. The van der Waals surface area contributed by atoms with Crippen molar-refractivity contribution in [1.82, 2.24) is 19.9 Å². The van der Waals surface area contributed by atoms with Crippen molar-refractivity contribution < 1.29 is 20.1 Å². The standard InChI is InChI=1S/2C16H11N2.Ir/c2*1-3-7-13(8-4-1)15-11-16(18-12-17-15)14-9-5-2-6-10-14;/h2*1-11H;/q2*-1;. The molecule has 2 aromatic heterocycles. The van der Waals surface area contributed by atoms with Crippen LogP contribution in [0.15, 0.2) is 133 Å². The van der Waals surface area contributed by atoms with Crippen LogP contribution in [-0.2, 0) is 20.1 Å². The zero-order valence-corrected chi connectivity index (χ0v) is 22.2. The maximum absolute atomic E-state index is 4.20. The van der Waals surface area contributed by atoms with E-state index in [1.807, 2.05) is 133 Å². The van der Waals surface area contributed by atoms with Crippen LogP contribution >= 0.6 is 0 Å². The van der Waals surface area contributed by atoms with Gasteiger partial charge in [-0.25, -0.2) is 0 Å². The van der Waals surface area contributed by atoms with Gasteiger partial charge in [-0.3, -0.25) is 0 Å². The minimum absolute atomic E-state index is 0. The summed E-state index contributed by atoms with van der Waals surface area (Å²) in [5.41, 5.74) is 7.88. The summed E-state index contributed by atoms with van der Waals surface area (Å²) in [7, 11) is 0. The van der Waals surface area contributed by atoms with Gasteiger partial charge in [0.15, 0.2) is 0 Å². The van der Waals surface area contributed by atoms with Crippen LogP contribution in [0.1, 0.15) is 0 Å². The van der Waals surface area contributed by atoms with Gasteiger partial charge in [0, 0.05) is 32.8 Å². The maximum Gasteiger partial charge on any atom is 0.0225 e. The number of hydrogen-bond acceptors (Lipinski definition) is 4. The van der Waals surface area contributed by atoms with Gasteiger partial charge in [0.05, 0.1) is 0 Å². The van der Waals surface area contributed by atoms with E-state index in [4.69, 9.17) is 0 Å². The van der Waals surface area contributed by atoms with Gasteiger partial charge in [-0.1, -0.05) is 144 Å². The average Bonchev–Trinajstić information content (AvgIpc) is 2.99. The molecule has 0 fully saturated rings. The molecule has 6 rings (SSSR count). The van der Waals surface area contributed by atoms with E-state index in [1.54, 1.807) is 0 Å². The molecule has 4 nitrogen and oxygen atoms in total. The Labute approximate surface area is 230 Å². The summed E-state index contributed by atoms with van der Waals surface area (Å²) < 4.78 is 0. The molecule has 0 amide bonds. The second kappa shape index (κ2) is 13.1. The molecule has 0 aliphatic heterocycles. The first-order chi connectivity index (χ1) is 17.9.